The second kappa shape index (κ2) is 11.2. The number of likely N-dealkylation sites (tertiary alicyclic amines) is 1. The Bertz CT molecular complexity index is 696. The third-order valence-corrected chi connectivity index (χ3v) is 5.72. The first-order valence-corrected chi connectivity index (χ1v) is 10.8. The van der Waals surface area contributed by atoms with E-state index in [9.17, 15) is 9.90 Å². The van der Waals surface area contributed by atoms with Crippen molar-refractivity contribution in [3.05, 3.63) is 29.8 Å². The maximum Gasteiger partial charge on any atom is 0.225 e. The molecule has 166 valence electrons. The Morgan fingerprint density at radius 1 is 1.20 bits per heavy atom. The summed E-state index contributed by atoms with van der Waals surface area (Å²) in [6, 6.07) is 7.39. The molecule has 0 saturated carbocycles. The number of benzene rings is 1. The number of aliphatic hydroxyl groups is 1. The Morgan fingerprint density at radius 3 is 2.47 bits per heavy atom. The number of carbonyl (C=O) groups is 1. The zero-order valence-electron chi connectivity index (χ0n) is 18.0. The third-order valence-electron chi connectivity index (χ3n) is 5.72. The van der Waals surface area contributed by atoms with E-state index >= 15 is 0 Å². The van der Waals surface area contributed by atoms with E-state index in [0.29, 0.717) is 26.3 Å². The number of rotatable bonds is 6. The number of guanidine groups is 1. The Kier molecular flexibility index (Phi) is 8.33. The van der Waals surface area contributed by atoms with E-state index in [1.165, 1.54) is 0 Å². The number of morpholine rings is 1. The summed E-state index contributed by atoms with van der Waals surface area (Å²) in [6.45, 7) is 7.31. The zero-order valence-corrected chi connectivity index (χ0v) is 18.0. The first-order valence-electron chi connectivity index (χ1n) is 10.8. The molecule has 2 aliphatic rings. The second-order valence-electron chi connectivity index (χ2n) is 7.68. The van der Waals surface area contributed by atoms with E-state index in [0.717, 1.165) is 49.7 Å². The van der Waals surface area contributed by atoms with E-state index in [1.54, 1.807) is 7.11 Å². The van der Waals surface area contributed by atoms with Crippen molar-refractivity contribution in [1.29, 1.82) is 0 Å². The summed E-state index contributed by atoms with van der Waals surface area (Å²) in [4.78, 5) is 21.5. The van der Waals surface area contributed by atoms with Crippen LogP contribution in [0.25, 0.3) is 0 Å². The van der Waals surface area contributed by atoms with Crippen molar-refractivity contribution < 1.29 is 19.4 Å². The monoisotopic (exact) mass is 418 g/mol. The molecule has 1 unspecified atom stereocenters. The van der Waals surface area contributed by atoms with Gasteiger partial charge < -0.3 is 29.7 Å². The highest BCUT2D eigenvalue weighted by molar-refractivity contribution is 5.82. The summed E-state index contributed by atoms with van der Waals surface area (Å²) < 4.78 is 10.5. The molecule has 2 fully saturated rings. The first-order chi connectivity index (χ1) is 14.6. The lowest BCUT2D eigenvalue weighted by Crippen LogP contribution is -2.50. The summed E-state index contributed by atoms with van der Waals surface area (Å²) >= 11 is 0. The van der Waals surface area contributed by atoms with Gasteiger partial charge in [-0.2, -0.15) is 0 Å². The van der Waals surface area contributed by atoms with E-state index in [4.69, 9.17) is 9.47 Å². The number of aliphatic hydroxyl groups excluding tert-OH is 1. The van der Waals surface area contributed by atoms with Crippen LogP contribution in [0.1, 0.15) is 31.4 Å². The van der Waals surface area contributed by atoms with Gasteiger partial charge in [-0.25, -0.2) is 0 Å². The molecule has 8 nitrogen and oxygen atoms in total. The number of carbonyl (C=O) groups excluding carboxylic acids is 1. The van der Waals surface area contributed by atoms with Crippen molar-refractivity contribution in [2.45, 2.75) is 25.9 Å². The van der Waals surface area contributed by atoms with Crippen LogP contribution in [-0.4, -0.2) is 86.4 Å². The predicted octanol–water partition coefficient (Wildman–Crippen LogP) is 1.26. The van der Waals surface area contributed by atoms with Crippen LogP contribution in [0.2, 0.25) is 0 Å². The molecule has 1 amide bonds. The van der Waals surface area contributed by atoms with Crippen molar-refractivity contribution in [2.75, 3.05) is 59.6 Å². The number of piperidine rings is 1. The summed E-state index contributed by atoms with van der Waals surface area (Å²) in [7, 11) is 1.62. The SMILES string of the molecule is CCNC(=NCC(O)c1ccc(OC)cc1)N1CCC(C(=O)N2CCOCC2)CC1. The molecule has 30 heavy (non-hydrogen) atoms. The van der Waals surface area contributed by atoms with Gasteiger partial charge in [0.25, 0.3) is 0 Å². The number of hydrogen-bond donors (Lipinski definition) is 2. The molecular formula is C22H34N4O4. The molecule has 3 rings (SSSR count). The number of aliphatic imine (C=N–C) groups is 1. The summed E-state index contributed by atoms with van der Waals surface area (Å²) in [5, 5.41) is 13.8. The van der Waals surface area contributed by atoms with Crippen LogP contribution >= 0.6 is 0 Å². The molecular weight excluding hydrogens is 384 g/mol. The van der Waals surface area contributed by atoms with Crippen molar-refractivity contribution in [2.24, 2.45) is 10.9 Å². The third kappa shape index (κ3) is 5.86. The molecule has 2 saturated heterocycles. The fourth-order valence-electron chi connectivity index (χ4n) is 3.91. The topological polar surface area (TPSA) is 86.6 Å². The fraction of sp³-hybridized carbons (Fsp3) is 0.636. The number of amides is 1. The quantitative estimate of drug-likeness (QED) is 0.534. The molecule has 1 aromatic carbocycles. The minimum Gasteiger partial charge on any atom is -0.497 e. The standard InChI is InChI=1S/C22H34N4O4/c1-3-23-22(24-16-20(27)17-4-6-19(29-2)7-5-17)26-10-8-18(9-11-26)21(28)25-12-14-30-15-13-25/h4-7,18,20,27H,3,8-16H2,1-2H3,(H,23,24). The maximum absolute atomic E-state index is 12.7. The van der Waals surface area contributed by atoms with Crippen molar-refractivity contribution in [3.8, 4) is 5.75 Å². The first kappa shape index (κ1) is 22.4. The lowest BCUT2D eigenvalue weighted by Gasteiger charge is -2.36. The van der Waals surface area contributed by atoms with Gasteiger partial charge in [0.2, 0.25) is 5.91 Å². The molecule has 0 spiro atoms. The van der Waals surface area contributed by atoms with Gasteiger partial charge in [0.05, 0.1) is 33.0 Å². The molecule has 1 aromatic rings. The van der Waals surface area contributed by atoms with Crippen LogP contribution < -0.4 is 10.1 Å². The average molecular weight is 419 g/mol. The highest BCUT2D eigenvalue weighted by Crippen LogP contribution is 2.21. The van der Waals surface area contributed by atoms with Crippen LogP contribution in [0.15, 0.2) is 29.3 Å². The summed E-state index contributed by atoms with van der Waals surface area (Å²) in [6.07, 6.45) is 0.966. The van der Waals surface area contributed by atoms with Gasteiger partial charge in [-0.1, -0.05) is 12.1 Å². The van der Waals surface area contributed by atoms with Gasteiger partial charge in [0.15, 0.2) is 5.96 Å². The van der Waals surface area contributed by atoms with E-state index in [-0.39, 0.29) is 18.4 Å². The Balaban J connectivity index is 1.54. The highest BCUT2D eigenvalue weighted by atomic mass is 16.5. The van der Waals surface area contributed by atoms with Crippen molar-refractivity contribution in [1.82, 2.24) is 15.1 Å². The van der Waals surface area contributed by atoms with Crippen molar-refractivity contribution in [3.63, 3.8) is 0 Å². The molecule has 2 heterocycles. The summed E-state index contributed by atoms with van der Waals surface area (Å²) in [5.41, 5.74) is 0.810. The highest BCUT2D eigenvalue weighted by Gasteiger charge is 2.30. The van der Waals surface area contributed by atoms with Crippen LogP contribution in [0.3, 0.4) is 0 Å². The van der Waals surface area contributed by atoms with Crippen LogP contribution in [-0.2, 0) is 9.53 Å². The van der Waals surface area contributed by atoms with Gasteiger partial charge >= 0.3 is 0 Å². The maximum atomic E-state index is 12.7. The van der Waals surface area contributed by atoms with Crippen LogP contribution in [0.5, 0.6) is 5.75 Å². The Morgan fingerprint density at radius 2 is 1.87 bits per heavy atom. The number of nitrogens with zero attached hydrogens (tertiary/aromatic N) is 3. The van der Waals surface area contributed by atoms with Crippen molar-refractivity contribution >= 4 is 11.9 Å². The number of ether oxygens (including phenoxy) is 2. The minimum atomic E-state index is -0.676. The molecule has 2 N–H and O–H groups in total. The largest absolute Gasteiger partial charge is 0.497 e. The van der Waals surface area contributed by atoms with Gasteiger partial charge in [-0.05, 0) is 37.5 Å². The Hall–Kier alpha value is -2.32. The molecule has 0 bridgehead atoms. The zero-order chi connectivity index (χ0) is 21.3. The van der Waals surface area contributed by atoms with Gasteiger partial charge in [0, 0.05) is 38.6 Å². The summed E-state index contributed by atoms with van der Waals surface area (Å²) in [5.74, 6) is 1.89. The average Bonchev–Trinajstić information content (AvgIpc) is 2.82. The number of nitrogens with one attached hydrogen (secondary N) is 1. The molecule has 0 aromatic heterocycles. The second-order valence-corrected chi connectivity index (χ2v) is 7.68. The number of hydrogen-bond acceptors (Lipinski definition) is 5. The molecule has 1 atom stereocenters. The molecule has 0 aliphatic carbocycles. The van der Waals surface area contributed by atoms with Crippen LogP contribution in [0.4, 0.5) is 0 Å². The molecule has 8 heteroatoms. The van der Waals surface area contributed by atoms with Gasteiger partial charge in [0.1, 0.15) is 5.75 Å². The molecule has 0 radical (unpaired) electrons. The van der Waals surface area contributed by atoms with E-state index in [1.807, 2.05) is 36.1 Å². The molecule has 2 aliphatic heterocycles. The van der Waals surface area contributed by atoms with Crippen LogP contribution in [0, 0.1) is 5.92 Å². The minimum absolute atomic E-state index is 0.0760. The normalized spacial score (nSPS) is 19.5. The van der Waals surface area contributed by atoms with Gasteiger partial charge in [-0.3, -0.25) is 9.79 Å². The van der Waals surface area contributed by atoms with Gasteiger partial charge in [-0.15, -0.1) is 0 Å². The predicted molar refractivity (Wildman–Crippen MR) is 116 cm³/mol. The van der Waals surface area contributed by atoms with E-state index < -0.39 is 6.10 Å². The number of methoxy groups -OCH3 is 1. The smallest absolute Gasteiger partial charge is 0.225 e. The lowest BCUT2D eigenvalue weighted by atomic mass is 9.95. The fourth-order valence-corrected chi connectivity index (χ4v) is 3.91. The lowest BCUT2D eigenvalue weighted by molar-refractivity contribution is -0.140. The Labute approximate surface area is 178 Å². The van der Waals surface area contributed by atoms with E-state index in [2.05, 4.69) is 15.2 Å².